The van der Waals surface area contributed by atoms with E-state index in [1.807, 2.05) is 31.2 Å². The van der Waals surface area contributed by atoms with Crippen molar-refractivity contribution in [3.8, 4) is 0 Å². The molecule has 0 aromatic heterocycles. The maximum Gasteiger partial charge on any atom is 0.238 e. The fraction of sp³-hybridized carbons (Fsp3) is 0.619. The molecule has 1 aromatic rings. The molecular weight excluding hydrogens is 326 g/mol. The molecule has 2 aliphatic rings. The molecule has 142 valence electrons. The Kier molecular flexibility index (Phi) is 6.67. The SMILES string of the molecule is Cc1cccc(NC(=O)CN2CCC(NC(=O)C3CCCCC3)CC2)c1. The van der Waals surface area contributed by atoms with Crippen LogP contribution in [0.2, 0.25) is 0 Å². The van der Waals surface area contributed by atoms with Gasteiger partial charge in [0.1, 0.15) is 0 Å². The van der Waals surface area contributed by atoms with Crippen molar-refractivity contribution >= 4 is 17.5 Å². The second kappa shape index (κ2) is 9.17. The average Bonchev–Trinajstić information content (AvgIpc) is 2.64. The third kappa shape index (κ3) is 5.56. The highest BCUT2D eigenvalue weighted by Crippen LogP contribution is 2.24. The first-order chi connectivity index (χ1) is 12.6. The number of amides is 2. The van der Waals surface area contributed by atoms with Crippen molar-refractivity contribution in [2.24, 2.45) is 5.92 Å². The van der Waals surface area contributed by atoms with Crippen molar-refractivity contribution in [2.75, 3.05) is 25.0 Å². The number of benzene rings is 1. The zero-order chi connectivity index (χ0) is 18.4. The van der Waals surface area contributed by atoms with Crippen molar-refractivity contribution in [1.29, 1.82) is 0 Å². The van der Waals surface area contributed by atoms with Gasteiger partial charge < -0.3 is 10.6 Å². The van der Waals surface area contributed by atoms with Gasteiger partial charge in [0.25, 0.3) is 0 Å². The number of carbonyl (C=O) groups excluding carboxylic acids is 2. The van der Waals surface area contributed by atoms with Crippen LogP contribution in [0.1, 0.15) is 50.5 Å². The molecule has 2 fully saturated rings. The van der Waals surface area contributed by atoms with Gasteiger partial charge in [0.2, 0.25) is 11.8 Å². The highest BCUT2D eigenvalue weighted by atomic mass is 16.2. The van der Waals surface area contributed by atoms with Crippen LogP contribution in [-0.2, 0) is 9.59 Å². The van der Waals surface area contributed by atoms with Crippen LogP contribution in [0.3, 0.4) is 0 Å². The minimum Gasteiger partial charge on any atom is -0.353 e. The number of nitrogens with zero attached hydrogens (tertiary/aromatic N) is 1. The van der Waals surface area contributed by atoms with Gasteiger partial charge in [-0.05, 0) is 50.3 Å². The average molecular weight is 357 g/mol. The molecule has 0 unspecified atom stereocenters. The largest absolute Gasteiger partial charge is 0.353 e. The molecule has 1 aliphatic carbocycles. The second-order valence-electron chi connectivity index (χ2n) is 7.81. The van der Waals surface area contributed by atoms with E-state index in [4.69, 9.17) is 0 Å². The summed E-state index contributed by atoms with van der Waals surface area (Å²) >= 11 is 0. The topological polar surface area (TPSA) is 61.4 Å². The smallest absolute Gasteiger partial charge is 0.238 e. The summed E-state index contributed by atoms with van der Waals surface area (Å²) in [6.07, 6.45) is 7.59. The number of likely N-dealkylation sites (tertiary alicyclic amines) is 1. The summed E-state index contributed by atoms with van der Waals surface area (Å²) < 4.78 is 0. The van der Waals surface area contributed by atoms with Crippen LogP contribution in [0, 0.1) is 12.8 Å². The summed E-state index contributed by atoms with van der Waals surface area (Å²) in [4.78, 5) is 26.8. The standard InChI is InChI=1S/C21H31N3O2/c1-16-6-5-9-19(14-16)22-20(25)15-24-12-10-18(11-13-24)23-21(26)17-7-3-2-4-8-17/h5-6,9,14,17-18H,2-4,7-8,10-13,15H2,1H3,(H,22,25)(H,23,26). The van der Waals surface area contributed by atoms with Crippen molar-refractivity contribution in [3.63, 3.8) is 0 Å². The Morgan fingerprint density at radius 2 is 1.81 bits per heavy atom. The molecule has 0 atom stereocenters. The van der Waals surface area contributed by atoms with Crippen LogP contribution in [0.25, 0.3) is 0 Å². The van der Waals surface area contributed by atoms with Crippen LogP contribution in [0.4, 0.5) is 5.69 Å². The lowest BCUT2D eigenvalue weighted by atomic mass is 9.88. The van der Waals surface area contributed by atoms with Crippen LogP contribution in [0.5, 0.6) is 0 Å². The Bertz CT molecular complexity index is 617. The first kappa shape index (κ1) is 18.9. The minimum atomic E-state index is 0.0280. The summed E-state index contributed by atoms with van der Waals surface area (Å²) in [6.45, 7) is 4.15. The third-order valence-corrected chi connectivity index (χ3v) is 5.58. The fourth-order valence-corrected chi connectivity index (χ4v) is 4.05. The number of anilines is 1. The lowest BCUT2D eigenvalue weighted by molar-refractivity contribution is -0.127. The van der Waals surface area contributed by atoms with Gasteiger partial charge in [0, 0.05) is 30.7 Å². The summed E-state index contributed by atoms with van der Waals surface area (Å²) in [5.41, 5.74) is 1.99. The third-order valence-electron chi connectivity index (χ3n) is 5.58. The van der Waals surface area contributed by atoms with Crippen LogP contribution < -0.4 is 10.6 Å². The molecule has 3 rings (SSSR count). The Balaban J connectivity index is 1.38. The molecule has 1 saturated carbocycles. The van der Waals surface area contributed by atoms with E-state index in [9.17, 15) is 9.59 Å². The molecule has 0 spiro atoms. The van der Waals surface area contributed by atoms with Crippen molar-refractivity contribution in [1.82, 2.24) is 10.2 Å². The highest BCUT2D eigenvalue weighted by Gasteiger charge is 2.26. The predicted molar refractivity (Wildman–Crippen MR) is 104 cm³/mol. The summed E-state index contributed by atoms with van der Waals surface area (Å²) in [5, 5.41) is 6.21. The lowest BCUT2D eigenvalue weighted by Crippen LogP contribution is -2.48. The number of hydrogen-bond acceptors (Lipinski definition) is 3. The molecule has 2 N–H and O–H groups in total. The second-order valence-corrected chi connectivity index (χ2v) is 7.81. The number of piperidine rings is 1. The van der Waals surface area contributed by atoms with E-state index in [2.05, 4.69) is 15.5 Å². The Morgan fingerprint density at radius 3 is 2.50 bits per heavy atom. The summed E-state index contributed by atoms with van der Waals surface area (Å²) in [5.74, 6) is 0.502. The van der Waals surface area contributed by atoms with Gasteiger partial charge >= 0.3 is 0 Å². The maximum absolute atomic E-state index is 12.4. The van der Waals surface area contributed by atoms with E-state index < -0.39 is 0 Å². The number of carbonyl (C=O) groups is 2. The molecule has 1 aromatic carbocycles. The molecule has 5 nitrogen and oxygen atoms in total. The van der Waals surface area contributed by atoms with Gasteiger partial charge in [-0.1, -0.05) is 31.4 Å². The predicted octanol–water partition coefficient (Wildman–Crippen LogP) is 3.09. The van der Waals surface area contributed by atoms with E-state index in [1.54, 1.807) is 0 Å². The monoisotopic (exact) mass is 357 g/mol. The summed E-state index contributed by atoms with van der Waals surface area (Å²) in [6, 6.07) is 8.12. The molecule has 0 radical (unpaired) electrons. The van der Waals surface area contributed by atoms with Crippen LogP contribution >= 0.6 is 0 Å². The Labute approximate surface area is 156 Å². The van der Waals surface area contributed by atoms with Crippen LogP contribution in [-0.4, -0.2) is 42.4 Å². The van der Waals surface area contributed by atoms with Crippen molar-refractivity contribution < 1.29 is 9.59 Å². The zero-order valence-electron chi connectivity index (χ0n) is 15.8. The van der Waals surface area contributed by atoms with E-state index in [-0.39, 0.29) is 23.8 Å². The van der Waals surface area contributed by atoms with Gasteiger partial charge in [-0.2, -0.15) is 0 Å². The van der Waals surface area contributed by atoms with Gasteiger partial charge in [0.15, 0.2) is 0 Å². The van der Waals surface area contributed by atoms with Crippen molar-refractivity contribution in [3.05, 3.63) is 29.8 Å². The number of nitrogens with one attached hydrogen (secondary N) is 2. The molecule has 1 saturated heterocycles. The lowest BCUT2D eigenvalue weighted by Gasteiger charge is -2.33. The van der Waals surface area contributed by atoms with E-state index in [0.717, 1.165) is 50.0 Å². The van der Waals surface area contributed by atoms with E-state index in [1.165, 1.54) is 19.3 Å². The van der Waals surface area contributed by atoms with Crippen LogP contribution in [0.15, 0.2) is 24.3 Å². The first-order valence-electron chi connectivity index (χ1n) is 9.99. The van der Waals surface area contributed by atoms with Gasteiger partial charge in [-0.25, -0.2) is 0 Å². The molecular formula is C21H31N3O2. The zero-order valence-corrected chi connectivity index (χ0v) is 15.8. The Hall–Kier alpha value is -1.88. The van der Waals surface area contributed by atoms with Gasteiger partial charge in [-0.15, -0.1) is 0 Å². The Morgan fingerprint density at radius 1 is 1.08 bits per heavy atom. The molecule has 0 bridgehead atoms. The molecule has 1 heterocycles. The number of hydrogen-bond donors (Lipinski definition) is 2. The highest BCUT2D eigenvalue weighted by molar-refractivity contribution is 5.92. The quantitative estimate of drug-likeness (QED) is 0.851. The normalized spacial score (nSPS) is 19.9. The molecule has 26 heavy (non-hydrogen) atoms. The minimum absolute atomic E-state index is 0.0280. The van der Waals surface area contributed by atoms with Crippen molar-refractivity contribution in [2.45, 2.75) is 57.9 Å². The maximum atomic E-state index is 12.4. The van der Waals surface area contributed by atoms with E-state index >= 15 is 0 Å². The first-order valence-corrected chi connectivity index (χ1v) is 9.99. The molecule has 2 amide bonds. The summed E-state index contributed by atoms with van der Waals surface area (Å²) in [7, 11) is 0. The van der Waals surface area contributed by atoms with Gasteiger partial charge in [0.05, 0.1) is 6.54 Å². The number of aryl methyl sites for hydroxylation is 1. The fourth-order valence-electron chi connectivity index (χ4n) is 4.05. The molecule has 5 heteroatoms. The number of rotatable bonds is 5. The van der Waals surface area contributed by atoms with Gasteiger partial charge in [-0.3, -0.25) is 14.5 Å². The molecule has 1 aliphatic heterocycles. The van der Waals surface area contributed by atoms with E-state index in [0.29, 0.717) is 6.54 Å².